The predicted molar refractivity (Wildman–Crippen MR) is 62.8 cm³/mol. The number of piperazine rings is 1. The number of nitrogens with zero attached hydrogens (tertiary/aromatic N) is 2. The molecule has 0 amide bonds. The van der Waals surface area contributed by atoms with Crippen LogP contribution in [0.25, 0.3) is 0 Å². The van der Waals surface area contributed by atoms with Gasteiger partial charge in [0.05, 0.1) is 0 Å². The minimum absolute atomic E-state index is 0.805. The number of thioether (sulfide) groups is 1. The van der Waals surface area contributed by atoms with Crippen molar-refractivity contribution in [3.8, 4) is 0 Å². The van der Waals surface area contributed by atoms with E-state index in [9.17, 15) is 0 Å². The molecule has 0 saturated carbocycles. The van der Waals surface area contributed by atoms with E-state index >= 15 is 0 Å². The van der Waals surface area contributed by atoms with Crippen LogP contribution in [0.1, 0.15) is 6.42 Å². The fourth-order valence-corrected chi connectivity index (χ4v) is 3.60. The normalized spacial score (nSPS) is 31.1. The van der Waals surface area contributed by atoms with Crippen LogP contribution in [0.4, 0.5) is 0 Å². The molecule has 82 valence electrons. The van der Waals surface area contributed by atoms with Crippen molar-refractivity contribution in [1.82, 2.24) is 9.80 Å². The van der Waals surface area contributed by atoms with Crippen molar-refractivity contribution < 1.29 is 0 Å². The molecule has 2 N–H and O–H groups in total. The molecule has 14 heavy (non-hydrogen) atoms. The first-order valence-electron chi connectivity index (χ1n) is 5.64. The lowest BCUT2D eigenvalue weighted by Gasteiger charge is -2.37. The zero-order valence-corrected chi connectivity index (χ0v) is 9.64. The lowest BCUT2D eigenvalue weighted by molar-refractivity contribution is 0.107. The van der Waals surface area contributed by atoms with Gasteiger partial charge in [0.15, 0.2) is 0 Å². The number of rotatable bonds is 3. The fraction of sp³-hybridized carbons (Fsp3) is 1.00. The molecule has 0 aliphatic carbocycles. The molecule has 1 unspecified atom stereocenters. The Labute approximate surface area is 91.0 Å². The topological polar surface area (TPSA) is 32.5 Å². The van der Waals surface area contributed by atoms with Crippen molar-refractivity contribution >= 4 is 11.8 Å². The predicted octanol–water partition coefficient (Wildman–Crippen LogP) is 0.0682. The van der Waals surface area contributed by atoms with Crippen LogP contribution in [0.5, 0.6) is 0 Å². The van der Waals surface area contributed by atoms with Crippen LogP contribution in [0.15, 0.2) is 0 Å². The van der Waals surface area contributed by atoms with E-state index < -0.39 is 0 Å². The monoisotopic (exact) mass is 215 g/mol. The standard InChI is InChI=1S/C10H21N3S/c11-2-3-12-4-6-13(7-5-12)10-1-8-14-9-10/h10H,1-9,11H2. The molecule has 0 radical (unpaired) electrons. The second kappa shape index (κ2) is 5.35. The molecule has 1 atom stereocenters. The first-order valence-corrected chi connectivity index (χ1v) is 6.80. The Bertz CT molecular complexity index is 163. The van der Waals surface area contributed by atoms with Crippen molar-refractivity contribution in [3.63, 3.8) is 0 Å². The van der Waals surface area contributed by atoms with Gasteiger partial charge in [-0.15, -0.1) is 0 Å². The Hall–Kier alpha value is 0.230. The molecule has 0 bridgehead atoms. The quantitative estimate of drug-likeness (QED) is 0.722. The van der Waals surface area contributed by atoms with Gasteiger partial charge in [-0.05, 0) is 12.2 Å². The maximum Gasteiger partial charge on any atom is 0.0195 e. The molecular weight excluding hydrogens is 194 g/mol. The molecule has 2 heterocycles. The molecule has 3 nitrogen and oxygen atoms in total. The molecular formula is C10H21N3S. The van der Waals surface area contributed by atoms with Gasteiger partial charge >= 0.3 is 0 Å². The van der Waals surface area contributed by atoms with E-state index in [1.165, 1.54) is 44.1 Å². The lowest BCUT2D eigenvalue weighted by atomic mass is 10.2. The van der Waals surface area contributed by atoms with Crippen LogP contribution in [-0.4, -0.2) is 66.6 Å². The van der Waals surface area contributed by atoms with E-state index in [-0.39, 0.29) is 0 Å². The van der Waals surface area contributed by atoms with Crippen molar-refractivity contribution in [2.24, 2.45) is 5.73 Å². The second-order valence-corrected chi connectivity index (χ2v) is 5.33. The van der Waals surface area contributed by atoms with Gasteiger partial charge in [0.25, 0.3) is 0 Å². The van der Waals surface area contributed by atoms with Gasteiger partial charge in [-0.2, -0.15) is 11.8 Å². The Kier molecular flexibility index (Phi) is 4.10. The highest BCUT2D eigenvalue weighted by Crippen LogP contribution is 2.22. The Morgan fingerprint density at radius 2 is 2.00 bits per heavy atom. The summed E-state index contributed by atoms with van der Waals surface area (Å²) in [6, 6.07) is 0.875. The molecule has 2 aliphatic rings. The lowest BCUT2D eigenvalue weighted by Crippen LogP contribution is -2.51. The van der Waals surface area contributed by atoms with Gasteiger partial charge in [0, 0.05) is 51.1 Å². The Morgan fingerprint density at radius 3 is 2.57 bits per heavy atom. The summed E-state index contributed by atoms with van der Waals surface area (Å²) in [5.74, 6) is 2.73. The highest BCUT2D eigenvalue weighted by molar-refractivity contribution is 7.99. The van der Waals surface area contributed by atoms with E-state index in [1.54, 1.807) is 0 Å². The van der Waals surface area contributed by atoms with Crippen molar-refractivity contribution in [3.05, 3.63) is 0 Å². The highest BCUT2D eigenvalue weighted by Gasteiger charge is 2.25. The first kappa shape index (κ1) is 10.7. The SMILES string of the molecule is NCCN1CCN(C2CCSC2)CC1. The zero-order chi connectivity index (χ0) is 9.80. The van der Waals surface area contributed by atoms with Gasteiger partial charge in [-0.3, -0.25) is 9.80 Å². The summed E-state index contributed by atoms with van der Waals surface area (Å²) in [6.45, 7) is 6.83. The number of hydrogen-bond acceptors (Lipinski definition) is 4. The van der Waals surface area contributed by atoms with Crippen LogP contribution in [0.3, 0.4) is 0 Å². The molecule has 2 fully saturated rings. The number of hydrogen-bond donors (Lipinski definition) is 1. The van der Waals surface area contributed by atoms with Crippen molar-refractivity contribution in [2.75, 3.05) is 50.8 Å². The maximum absolute atomic E-state index is 5.56. The second-order valence-electron chi connectivity index (χ2n) is 4.18. The first-order chi connectivity index (χ1) is 6.90. The minimum Gasteiger partial charge on any atom is -0.329 e. The molecule has 4 heteroatoms. The molecule has 2 saturated heterocycles. The van der Waals surface area contributed by atoms with Gasteiger partial charge in [0.1, 0.15) is 0 Å². The molecule has 0 aromatic heterocycles. The van der Waals surface area contributed by atoms with Crippen LogP contribution >= 0.6 is 11.8 Å². The van der Waals surface area contributed by atoms with E-state index in [4.69, 9.17) is 5.73 Å². The van der Waals surface area contributed by atoms with Crippen molar-refractivity contribution in [1.29, 1.82) is 0 Å². The fourth-order valence-electron chi connectivity index (χ4n) is 2.34. The average Bonchev–Trinajstić information content (AvgIpc) is 2.72. The third-order valence-corrected chi connectivity index (χ3v) is 4.42. The van der Waals surface area contributed by atoms with Crippen LogP contribution in [0, 0.1) is 0 Å². The van der Waals surface area contributed by atoms with Crippen LogP contribution in [-0.2, 0) is 0 Å². The third kappa shape index (κ3) is 2.63. The van der Waals surface area contributed by atoms with Gasteiger partial charge in [-0.1, -0.05) is 0 Å². The van der Waals surface area contributed by atoms with Gasteiger partial charge in [-0.25, -0.2) is 0 Å². The summed E-state index contributed by atoms with van der Waals surface area (Å²) >= 11 is 2.11. The van der Waals surface area contributed by atoms with E-state index in [2.05, 4.69) is 21.6 Å². The summed E-state index contributed by atoms with van der Waals surface area (Å²) in [5, 5.41) is 0. The van der Waals surface area contributed by atoms with Crippen LogP contribution in [0.2, 0.25) is 0 Å². The van der Waals surface area contributed by atoms with Crippen molar-refractivity contribution in [2.45, 2.75) is 12.5 Å². The van der Waals surface area contributed by atoms with Gasteiger partial charge < -0.3 is 5.73 Å². The largest absolute Gasteiger partial charge is 0.329 e. The molecule has 2 rings (SSSR count). The highest BCUT2D eigenvalue weighted by atomic mass is 32.2. The zero-order valence-electron chi connectivity index (χ0n) is 8.82. The molecule has 0 aromatic carbocycles. The maximum atomic E-state index is 5.56. The number of nitrogens with two attached hydrogens (primary N) is 1. The van der Waals surface area contributed by atoms with E-state index in [1.807, 2.05) is 0 Å². The average molecular weight is 215 g/mol. The molecule has 0 aromatic rings. The van der Waals surface area contributed by atoms with E-state index in [0.29, 0.717) is 0 Å². The summed E-state index contributed by atoms with van der Waals surface area (Å²) in [4.78, 5) is 5.16. The van der Waals surface area contributed by atoms with E-state index in [0.717, 1.165) is 19.1 Å². The summed E-state index contributed by atoms with van der Waals surface area (Å²) in [7, 11) is 0. The minimum atomic E-state index is 0.805. The summed E-state index contributed by atoms with van der Waals surface area (Å²) in [5.41, 5.74) is 5.56. The summed E-state index contributed by atoms with van der Waals surface area (Å²) in [6.07, 6.45) is 1.40. The Balaban J connectivity index is 1.72. The third-order valence-electron chi connectivity index (χ3n) is 3.27. The Morgan fingerprint density at radius 1 is 1.21 bits per heavy atom. The summed E-state index contributed by atoms with van der Waals surface area (Å²) < 4.78 is 0. The smallest absolute Gasteiger partial charge is 0.0195 e. The van der Waals surface area contributed by atoms with Gasteiger partial charge in [0.2, 0.25) is 0 Å². The molecule has 2 aliphatic heterocycles. The molecule has 0 spiro atoms. The van der Waals surface area contributed by atoms with Crippen LogP contribution < -0.4 is 5.73 Å².